The van der Waals surface area contributed by atoms with Crippen molar-refractivity contribution < 1.29 is 9.59 Å². The number of nitrogens with two attached hydrogens (primary N) is 1. The average Bonchev–Trinajstić information content (AvgIpc) is 3.10. The van der Waals surface area contributed by atoms with Gasteiger partial charge in [0.15, 0.2) is 0 Å². The van der Waals surface area contributed by atoms with Crippen LogP contribution in [0.15, 0.2) is 0 Å². The fourth-order valence-corrected chi connectivity index (χ4v) is 4.08. The van der Waals surface area contributed by atoms with E-state index in [4.69, 9.17) is 5.73 Å². The molecule has 2 heterocycles. The Bertz CT molecular complexity index is 444. The van der Waals surface area contributed by atoms with Gasteiger partial charge < -0.3 is 15.5 Å². The van der Waals surface area contributed by atoms with Crippen LogP contribution < -0.4 is 5.73 Å². The first-order valence-corrected chi connectivity index (χ1v) is 9.17. The van der Waals surface area contributed by atoms with Gasteiger partial charge in [0.25, 0.3) is 0 Å². The maximum absolute atomic E-state index is 12.7. The van der Waals surface area contributed by atoms with Gasteiger partial charge in [-0.1, -0.05) is 19.3 Å². The lowest BCUT2D eigenvalue weighted by Gasteiger charge is -2.41. The van der Waals surface area contributed by atoms with E-state index in [2.05, 4.69) is 4.90 Å². The van der Waals surface area contributed by atoms with Gasteiger partial charge in [-0.05, 0) is 25.7 Å². The summed E-state index contributed by atoms with van der Waals surface area (Å²) < 4.78 is 0. The van der Waals surface area contributed by atoms with Gasteiger partial charge in [0.1, 0.15) is 0 Å². The topological polar surface area (TPSA) is 69.9 Å². The highest BCUT2D eigenvalue weighted by Crippen LogP contribution is 2.28. The molecule has 2 aliphatic heterocycles. The zero-order valence-electron chi connectivity index (χ0n) is 15.0. The lowest BCUT2D eigenvalue weighted by Crippen LogP contribution is -2.60. The summed E-state index contributed by atoms with van der Waals surface area (Å²) in [5, 5.41) is 0. The van der Waals surface area contributed by atoms with Crippen molar-refractivity contribution in [3.05, 3.63) is 0 Å². The quantitative estimate of drug-likeness (QED) is 0.781. The first-order valence-electron chi connectivity index (χ1n) is 9.17. The highest BCUT2D eigenvalue weighted by atomic mass is 35.5. The summed E-state index contributed by atoms with van der Waals surface area (Å²) in [5.74, 6) is 0.368. The third-order valence-corrected chi connectivity index (χ3v) is 5.65. The molecule has 0 spiro atoms. The van der Waals surface area contributed by atoms with Crippen LogP contribution >= 0.6 is 24.8 Å². The molecule has 146 valence electrons. The van der Waals surface area contributed by atoms with Crippen molar-refractivity contribution in [2.75, 3.05) is 45.8 Å². The third-order valence-electron chi connectivity index (χ3n) is 5.65. The van der Waals surface area contributed by atoms with Crippen LogP contribution in [0, 0.1) is 0 Å². The van der Waals surface area contributed by atoms with Crippen molar-refractivity contribution in [1.29, 1.82) is 0 Å². The second-order valence-electron chi connectivity index (χ2n) is 7.37. The van der Waals surface area contributed by atoms with Crippen molar-refractivity contribution in [2.24, 2.45) is 5.73 Å². The Morgan fingerprint density at radius 1 is 0.760 bits per heavy atom. The van der Waals surface area contributed by atoms with E-state index in [0.29, 0.717) is 19.6 Å². The highest BCUT2D eigenvalue weighted by molar-refractivity contribution is 5.86. The van der Waals surface area contributed by atoms with Crippen LogP contribution in [0.1, 0.15) is 44.9 Å². The highest BCUT2D eigenvalue weighted by Gasteiger charge is 2.39. The number of carbonyl (C=O) groups excluding carboxylic acids is 2. The first-order chi connectivity index (χ1) is 11.1. The monoisotopic (exact) mass is 394 g/mol. The second kappa shape index (κ2) is 9.95. The Balaban J connectivity index is 0.00000156. The molecule has 0 atom stereocenters. The fourth-order valence-electron chi connectivity index (χ4n) is 4.08. The maximum atomic E-state index is 12.7. The molecule has 6 nitrogen and oxygen atoms in total. The molecule has 1 saturated carbocycles. The van der Waals surface area contributed by atoms with Gasteiger partial charge in [0.05, 0.1) is 12.1 Å². The average molecular weight is 395 g/mol. The van der Waals surface area contributed by atoms with E-state index in [9.17, 15) is 9.59 Å². The van der Waals surface area contributed by atoms with E-state index >= 15 is 0 Å². The van der Waals surface area contributed by atoms with E-state index in [0.717, 1.165) is 64.7 Å². The molecule has 0 radical (unpaired) electrons. The van der Waals surface area contributed by atoms with E-state index in [1.807, 2.05) is 9.80 Å². The van der Waals surface area contributed by atoms with Crippen LogP contribution in [0.3, 0.4) is 0 Å². The van der Waals surface area contributed by atoms with Crippen molar-refractivity contribution >= 4 is 36.6 Å². The Morgan fingerprint density at radius 3 is 1.88 bits per heavy atom. The Morgan fingerprint density at radius 2 is 1.32 bits per heavy atom. The number of hydrogen-bond donors (Lipinski definition) is 1. The molecule has 3 fully saturated rings. The van der Waals surface area contributed by atoms with Gasteiger partial charge in [-0.2, -0.15) is 0 Å². The van der Waals surface area contributed by atoms with E-state index in [1.54, 1.807) is 0 Å². The van der Waals surface area contributed by atoms with Crippen LogP contribution in [0.25, 0.3) is 0 Å². The molecular weight excluding hydrogens is 363 g/mol. The zero-order chi connectivity index (χ0) is 16.3. The summed E-state index contributed by atoms with van der Waals surface area (Å²) >= 11 is 0. The zero-order valence-corrected chi connectivity index (χ0v) is 16.6. The molecule has 3 rings (SSSR count). The lowest BCUT2D eigenvalue weighted by molar-refractivity contribution is -0.140. The maximum Gasteiger partial charge on any atom is 0.242 e. The summed E-state index contributed by atoms with van der Waals surface area (Å²) in [5.41, 5.74) is 5.73. The van der Waals surface area contributed by atoms with Gasteiger partial charge in [0, 0.05) is 39.3 Å². The number of nitrogens with zero attached hydrogens (tertiary/aromatic N) is 3. The summed E-state index contributed by atoms with van der Waals surface area (Å²) in [4.78, 5) is 31.0. The third kappa shape index (κ3) is 5.46. The molecule has 0 aromatic carbocycles. The number of rotatable bonds is 3. The lowest BCUT2D eigenvalue weighted by atomic mass is 9.81. The minimum absolute atomic E-state index is 0. The minimum atomic E-state index is -0.633. The number of likely N-dealkylation sites (tertiary alicyclic amines) is 1. The standard InChI is InChI=1S/C17H30N4O2.2ClH/c18-17(6-2-1-3-7-17)16(23)21-12-10-19(11-13-21)14-15(22)20-8-4-5-9-20;;/h1-14,18H2;2*1H. The van der Waals surface area contributed by atoms with Crippen LogP contribution in [0.4, 0.5) is 0 Å². The fraction of sp³-hybridized carbons (Fsp3) is 0.882. The predicted octanol–water partition coefficient (Wildman–Crippen LogP) is 1.26. The summed E-state index contributed by atoms with van der Waals surface area (Å²) in [6, 6.07) is 0. The van der Waals surface area contributed by atoms with Crippen LogP contribution in [0.2, 0.25) is 0 Å². The van der Waals surface area contributed by atoms with Gasteiger partial charge in [0.2, 0.25) is 11.8 Å². The molecule has 2 amide bonds. The molecule has 0 unspecified atom stereocenters. The number of piperazine rings is 1. The van der Waals surface area contributed by atoms with Gasteiger partial charge >= 0.3 is 0 Å². The largest absolute Gasteiger partial charge is 0.342 e. The summed E-state index contributed by atoms with van der Waals surface area (Å²) in [6.45, 7) is 5.27. The smallest absolute Gasteiger partial charge is 0.242 e. The molecule has 3 aliphatic rings. The molecule has 2 N–H and O–H groups in total. The molecule has 25 heavy (non-hydrogen) atoms. The summed E-state index contributed by atoms with van der Waals surface area (Å²) in [7, 11) is 0. The van der Waals surface area contributed by atoms with E-state index < -0.39 is 5.54 Å². The van der Waals surface area contributed by atoms with Crippen molar-refractivity contribution in [3.63, 3.8) is 0 Å². The van der Waals surface area contributed by atoms with Gasteiger partial charge in [-0.25, -0.2) is 0 Å². The van der Waals surface area contributed by atoms with Crippen LogP contribution in [0.5, 0.6) is 0 Å². The number of amides is 2. The Labute approximate surface area is 163 Å². The summed E-state index contributed by atoms with van der Waals surface area (Å²) in [6.07, 6.45) is 7.22. The minimum Gasteiger partial charge on any atom is -0.342 e. The van der Waals surface area contributed by atoms with Gasteiger partial charge in [-0.3, -0.25) is 14.5 Å². The number of hydrogen-bond acceptors (Lipinski definition) is 4. The Kier molecular flexibility index (Phi) is 8.95. The number of carbonyl (C=O) groups is 2. The normalized spacial score (nSPS) is 23.6. The van der Waals surface area contributed by atoms with E-state index in [-0.39, 0.29) is 36.6 Å². The molecule has 0 aromatic rings. The van der Waals surface area contributed by atoms with Crippen molar-refractivity contribution in [3.8, 4) is 0 Å². The molecule has 0 aromatic heterocycles. The van der Waals surface area contributed by atoms with Crippen LogP contribution in [-0.2, 0) is 9.59 Å². The SMILES string of the molecule is Cl.Cl.NC1(C(=O)N2CCN(CC(=O)N3CCCC3)CC2)CCCCC1. The molecule has 2 saturated heterocycles. The molecule has 8 heteroatoms. The van der Waals surface area contributed by atoms with E-state index in [1.165, 1.54) is 6.42 Å². The predicted molar refractivity (Wildman–Crippen MR) is 103 cm³/mol. The molecular formula is C17H32Cl2N4O2. The number of halogens is 2. The molecule has 0 bridgehead atoms. The van der Waals surface area contributed by atoms with Crippen molar-refractivity contribution in [1.82, 2.24) is 14.7 Å². The van der Waals surface area contributed by atoms with Crippen molar-refractivity contribution in [2.45, 2.75) is 50.5 Å². The van der Waals surface area contributed by atoms with Gasteiger partial charge in [-0.15, -0.1) is 24.8 Å². The Hall–Kier alpha value is -0.560. The molecule has 1 aliphatic carbocycles. The first kappa shape index (κ1) is 22.5. The second-order valence-corrected chi connectivity index (χ2v) is 7.37. The van der Waals surface area contributed by atoms with Crippen LogP contribution in [-0.4, -0.2) is 77.9 Å².